The Bertz CT molecular complexity index is 2080. The van der Waals surface area contributed by atoms with Crippen LogP contribution >= 0.6 is 15.6 Å². The lowest BCUT2D eigenvalue weighted by molar-refractivity contribution is -0.161. The van der Waals surface area contributed by atoms with Gasteiger partial charge in [0.25, 0.3) is 0 Å². The average molecular weight is 1590 g/mol. The number of carbonyl (C=O) groups excluding carboxylic acids is 4. The van der Waals surface area contributed by atoms with Crippen LogP contribution in [0.3, 0.4) is 0 Å². The van der Waals surface area contributed by atoms with Gasteiger partial charge in [-0.25, -0.2) is 9.13 Å². The Labute approximate surface area is 670 Å². The predicted molar refractivity (Wildman–Crippen MR) is 451 cm³/mol. The van der Waals surface area contributed by atoms with Crippen molar-refractivity contribution < 1.29 is 80.2 Å². The van der Waals surface area contributed by atoms with Crippen molar-refractivity contribution in [2.24, 2.45) is 11.8 Å². The molecule has 0 aromatic rings. The molecule has 17 nitrogen and oxygen atoms in total. The van der Waals surface area contributed by atoms with Crippen molar-refractivity contribution in [1.82, 2.24) is 0 Å². The van der Waals surface area contributed by atoms with Gasteiger partial charge in [0.15, 0.2) is 12.2 Å². The zero-order valence-electron chi connectivity index (χ0n) is 71.9. The van der Waals surface area contributed by atoms with Crippen LogP contribution in [0.4, 0.5) is 0 Å². The van der Waals surface area contributed by atoms with Gasteiger partial charge >= 0.3 is 39.5 Å². The Kier molecular flexibility index (Phi) is 79.8. The number of hydrogen-bond donors (Lipinski definition) is 3. The molecule has 0 radical (unpaired) electrons. The number of unbranched alkanes of at least 4 members (excludes halogenated alkanes) is 59. The monoisotopic (exact) mass is 1590 g/mol. The van der Waals surface area contributed by atoms with Crippen LogP contribution in [0.5, 0.6) is 0 Å². The number of ether oxygens (including phenoxy) is 4. The van der Waals surface area contributed by atoms with E-state index >= 15 is 0 Å². The third-order valence-corrected chi connectivity index (χ3v) is 23.1. The summed E-state index contributed by atoms with van der Waals surface area (Å²) in [5.41, 5.74) is 0. The molecule has 19 heteroatoms. The van der Waals surface area contributed by atoms with E-state index in [-0.39, 0.29) is 25.7 Å². The molecule has 0 saturated heterocycles. The predicted octanol–water partition coefficient (Wildman–Crippen LogP) is 27.8. The van der Waals surface area contributed by atoms with Gasteiger partial charge in [-0.1, -0.05) is 433 Å². The molecule has 2 unspecified atom stereocenters. The second-order valence-electron chi connectivity index (χ2n) is 33.3. The molecular weight excluding hydrogens is 1410 g/mol. The second-order valence-corrected chi connectivity index (χ2v) is 36.2. The molecule has 0 spiro atoms. The standard InChI is InChI=1S/C90H176O17P2/c1-7-9-11-13-15-17-19-20-21-22-23-24-25-33-38-44-50-56-62-68-74-90(95)107-86(79-101-88(93)73-67-61-55-49-43-37-32-28-26-30-35-41-46-52-58-64-70-82(3)4)81-105-109(98,99)103-77-84(91)76-102-108(96,97)104-80-85(78-100-87(92)72-66-60-54-48-40-18-16-14-12-10-8-2)106-89(94)75-69-63-57-51-45-39-34-29-27-31-36-42-47-53-59-65-71-83(5)6/h82-86,91H,7-81H2,1-6H3,(H,96,97)(H,98,99)/t84-,85+,86+/m0/s1. The third-order valence-electron chi connectivity index (χ3n) is 21.2. The highest BCUT2D eigenvalue weighted by Gasteiger charge is 2.31. The Morgan fingerprint density at radius 2 is 0.422 bits per heavy atom. The van der Waals surface area contributed by atoms with Gasteiger partial charge in [0.05, 0.1) is 26.4 Å². The van der Waals surface area contributed by atoms with Crippen molar-refractivity contribution >= 4 is 39.5 Å². The van der Waals surface area contributed by atoms with Gasteiger partial charge in [-0.05, 0) is 37.5 Å². The minimum Gasteiger partial charge on any atom is -0.462 e. The summed E-state index contributed by atoms with van der Waals surface area (Å²) in [6, 6.07) is 0. The van der Waals surface area contributed by atoms with Gasteiger partial charge in [-0.3, -0.25) is 37.3 Å². The molecule has 0 aliphatic carbocycles. The molecule has 0 heterocycles. The quantitative estimate of drug-likeness (QED) is 0.0222. The summed E-state index contributed by atoms with van der Waals surface area (Å²) in [6.45, 7) is 9.76. The maximum absolute atomic E-state index is 13.2. The first-order valence-corrected chi connectivity index (χ1v) is 49.5. The summed E-state index contributed by atoms with van der Waals surface area (Å²) in [5.74, 6) is -0.474. The summed E-state index contributed by atoms with van der Waals surface area (Å²) < 4.78 is 69.0. The van der Waals surface area contributed by atoms with Gasteiger partial charge in [0.1, 0.15) is 19.3 Å². The summed E-state index contributed by atoms with van der Waals surface area (Å²) in [4.78, 5) is 73.4. The van der Waals surface area contributed by atoms with Gasteiger partial charge in [0.2, 0.25) is 0 Å². The molecule has 0 amide bonds. The maximum Gasteiger partial charge on any atom is 0.472 e. The van der Waals surface area contributed by atoms with Crippen molar-refractivity contribution in [1.29, 1.82) is 0 Å². The van der Waals surface area contributed by atoms with E-state index in [4.69, 9.17) is 37.0 Å². The molecule has 0 bridgehead atoms. The Morgan fingerprint density at radius 1 is 0.248 bits per heavy atom. The van der Waals surface area contributed by atoms with Crippen molar-refractivity contribution in [3.8, 4) is 0 Å². The van der Waals surface area contributed by atoms with Gasteiger partial charge < -0.3 is 33.8 Å². The van der Waals surface area contributed by atoms with E-state index in [2.05, 4.69) is 41.5 Å². The third kappa shape index (κ3) is 83.8. The number of esters is 4. The van der Waals surface area contributed by atoms with E-state index in [1.807, 2.05) is 0 Å². The van der Waals surface area contributed by atoms with Crippen LogP contribution in [-0.4, -0.2) is 96.7 Å². The fourth-order valence-electron chi connectivity index (χ4n) is 14.1. The normalized spacial score (nSPS) is 13.8. The molecule has 648 valence electrons. The molecule has 0 aliphatic rings. The first kappa shape index (κ1) is 107. The van der Waals surface area contributed by atoms with Crippen LogP contribution in [0.1, 0.15) is 485 Å². The van der Waals surface area contributed by atoms with Gasteiger partial charge in [0, 0.05) is 25.7 Å². The molecule has 0 rings (SSSR count). The van der Waals surface area contributed by atoms with Crippen molar-refractivity contribution in [3.05, 3.63) is 0 Å². The van der Waals surface area contributed by atoms with E-state index in [0.29, 0.717) is 25.7 Å². The van der Waals surface area contributed by atoms with Crippen LogP contribution in [0, 0.1) is 11.8 Å². The lowest BCUT2D eigenvalue weighted by atomic mass is 10.0. The maximum atomic E-state index is 13.2. The number of carbonyl (C=O) groups is 4. The number of rotatable bonds is 89. The fourth-order valence-corrected chi connectivity index (χ4v) is 15.7. The van der Waals surface area contributed by atoms with Crippen LogP contribution < -0.4 is 0 Å². The smallest absolute Gasteiger partial charge is 0.462 e. The second kappa shape index (κ2) is 81.2. The Balaban J connectivity index is 5.23. The highest BCUT2D eigenvalue weighted by molar-refractivity contribution is 7.47. The number of hydrogen-bond acceptors (Lipinski definition) is 15. The van der Waals surface area contributed by atoms with Crippen LogP contribution in [-0.2, 0) is 65.4 Å². The number of phosphoric ester groups is 2. The van der Waals surface area contributed by atoms with E-state index < -0.39 is 97.5 Å². The lowest BCUT2D eigenvalue weighted by Crippen LogP contribution is -2.30. The molecule has 0 aromatic heterocycles. The number of phosphoric acid groups is 2. The highest BCUT2D eigenvalue weighted by Crippen LogP contribution is 2.45. The topological polar surface area (TPSA) is 237 Å². The number of aliphatic hydroxyl groups is 1. The summed E-state index contributed by atoms with van der Waals surface area (Å²) in [5, 5.41) is 10.7. The Morgan fingerprint density at radius 3 is 0.624 bits per heavy atom. The van der Waals surface area contributed by atoms with Gasteiger partial charge in [-0.2, -0.15) is 0 Å². The molecule has 3 N–H and O–H groups in total. The minimum atomic E-state index is -4.97. The summed E-state index contributed by atoms with van der Waals surface area (Å²) in [7, 11) is -9.93. The Hall–Kier alpha value is -1.94. The molecule has 109 heavy (non-hydrogen) atoms. The van der Waals surface area contributed by atoms with Crippen LogP contribution in [0.2, 0.25) is 0 Å². The zero-order chi connectivity index (χ0) is 79.9. The minimum absolute atomic E-state index is 0.109. The zero-order valence-corrected chi connectivity index (χ0v) is 73.7. The van der Waals surface area contributed by atoms with E-state index in [1.165, 1.54) is 302 Å². The molecule has 0 saturated carbocycles. The van der Waals surface area contributed by atoms with Crippen molar-refractivity contribution in [3.63, 3.8) is 0 Å². The fraction of sp³-hybridized carbons (Fsp3) is 0.956. The van der Waals surface area contributed by atoms with E-state index in [9.17, 15) is 43.2 Å². The van der Waals surface area contributed by atoms with E-state index in [0.717, 1.165) is 102 Å². The van der Waals surface area contributed by atoms with Crippen LogP contribution in [0.25, 0.3) is 0 Å². The molecule has 5 atom stereocenters. The van der Waals surface area contributed by atoms with E-state index in [1.54, 1.807) is 0 Å². The van der Waals surface area contributed by atoms with Crippen molar-refractivity contribution in [2.45, 2.75) is 503 Å². The van der Waals surface area contributed by atoms with Crippen molar-refractivity contribution in [2.75, 3.05) is 39.6 Å². The number of aliphatic hydroxyl groups excluding tert-OH is 1. The SMILES string of the molecule is CCCCCCCCCCCCCCCCCCCCCCC(=O)O[C@H](COC(=O)CCCCCCCCCCCCCCCCCCC(C)C)COP(=O)(O)OC[C@@H](O)COP(=O)(O)OC[C@@H](COC(=O)CCCCCCCCCCCCC)OC(=O)CCCCCCCCCCCCCCCCCCC(C)C. The first-order valence-electron chi connectivity index (χ1n) is 46.5. The molecule has 0 fully saturated rings. The van der Waals surface area contributed by atoms with Crippen LogP contribution in [0.15, 0.2) is 0 Å². The molecule has 0 aromatic carbocycles. The summed E-state index contributed by atoms with van der Waals surface area (Å²) in [6.07, 6.45) is 75.0. The first-order chi connectivity index (χ1) is 52.9. The highest BCUT2D eigenvalue weighted by atomic mass is 31.2. The summed E-state index contributed by atoms with van der Waals surface area (Å²) >= 11 is 0. The molecule has 0 aliphatic heterocycles. The largest absolute Gasteiger partial charge is 0.472 e. The molecular formula is C90H176O17P2. The van der Waals surface area contributed by atoms with Gasteiger partial charge in [-0.15, -0.1) is 0 Å². The lowest BCUT2D eigenvalue weighted by Gasteiger charge is -2.21. The average Bonchev–Trinajstić information content (AvgIpc) is 0.900.